The number of hydrogen-bond acceptors (Lipinski definition) is 7. The summed E-state index contributed by atoms with van der Waals surface area (Å²) in [5, 5.41) is 6.61. The number of carbonyl (C=O) groups is 1. The molecule has 1 aromatic carbocycles. The van der Waals surface area contributed by atoms with E-state index in [1.165, 1.54) is 0 Å². The van der Waals surface area contributed by atoms with Crippen LogP contribution >= 0.6 is 0 Å². The number of pyridine rings is 1. The van der Waals surface area contributed by atoms with Crippen LogP contribution in [0.25, 0.3) is 0 Å². The van der Waals surface area contributed by atoms with Crippen molar-refractivity contribution in [2.75, 3.05) is 24.3 Å². The minimum Gasteiger partial charge on any atom is -0.438 e. The van der Waals surface area contributed by atoms with Crippen molar-refractivity contribution in [2.45, 2.75) is 44.7 Å². The van der Waals surface area contributed by atoms with Gasteiger partial charge in [-0.1, -0.05) is 18.2 Å². The lowest BCUT2D eigenvalue weighted by molar-refractivity contribution is 0.0923. The van der Waals surface area contributed by atoms with E-state index in [4.69, 9.17) is 4.74 Å². The second-order valence-corrected chi connectivity index (χ2v) is 8.53. The number of hydrogen-bond donors (Lipinski definition) is 2. The van der Waals surface area contributed by atoms with Crippen molar-refractivity contribution in [3.63, 3.8) is 0 Å². The SMILES string of the molecule is Cc1cnc(N[C@H]2CC[C@@H](NC(=O)c3cccnc3Oc3ccccc3)CC2)nc1N(C)C. The molecule has 1 saturated carbocycles. The van der Waals surface area contributed by atoms with Crippen molar-refractivity contribution >= 4 is 17.7 Å². The summed E-state index contributed by atoms with van der Waals surface area (Å²) in [4.78, 5) is 28.3. The minimum atomic E-state index is -0.164. The Labute approximate surface area is 194 Å². The minimum absolute atomic E-state index is 0.108. The number of nitrogens with one attached hydrogen (secondary N) is 2. The third-order valence-corrected chi connectivity index (χ3v) is 5.74. The Morgan fingerprint density at radius 1 is 1.00 bits per heavy atom. The average Bonchev–Trinajstić information content (AvgIpc) is 2.82. The summed E-state index contributed by atoms with van der Waals surface area (Å²) >= 11 is 0. The Morgan fingerprint density at radius 2 is 1.73 bits per heavy atom. The van der Waals surface area contributed by atoms with Gasteiger partial charge in [-0.3, -0.25) is 4.79 Å². The largest absolute Gasteiger partial charge is 0.438 e. The summed E-state index contributed by atoms with van der Waals surface area (Å²) in [5.41, 5.74) is 1.48. The smallest absolute Gasteiger partial charge is 0.257 e. The van der Waals surface area contributed by atoms with E-state index in [0.717, 1.165) is 37.1 Å². The second-order valence-electron chi connectivity index (χ2n) is 8.53. The van der Waals surface area contributed by atoms with Crippen molar-refractivity contribution in [3.05, 3.63) is 66.0 Å². The summed E-state index contributed by atoms with van der Waals surface area (Å²) in [6, 6.07) is 13.2. The molecule has 0 aliphatic heterocycles. The Bertz CT molecular complexity index is 1080. The Kier molecular flexibility index (Phi) is 7.02. The van der Waals surface area contributed by atoms with Gasteiger partial charge in [-0.25, -0.2) is 9.97 Å². The van der Waals surface area contributed by atoms with Gasteiger partial charge >= 0.3 is 0 Å². The highest BCUT2D eigenvalue weighted by Gasteiger charge is 2.25. The van der Waals surface area contributed by atoms with E-state index in [-0.39, 0.29) is 18.0 Å². The zero-order valence-corrected chi connectivity index (χ0v) is 19.3. The summed E-state index contributed by atoms with van der Waals surface area (Å²) < 4.78 is 5.84. The van der Waals surface area contributed by atoms with Crippen LogP contribution in [-0.2, 0) is 0 Å². The van der Waals surface area contributed by atoms with E-state index < -0.39 is 0 Å². The maximum atomic E-state index is 13.0. The van der Waals surface area contributed by atoms with Gasteiger partial charge in [-0.15, -0.1) is 0 Å². The molecule has 2 aromatic heterocycles. The van der Waals surface area contributed by atoms with Crippen LogP contribution in [0.5, 0.6) is 11.6 Å². The molecule has 8 nitrogen and oxygen atoms in total. The average molecular weight is 447 g/mol. The van der Waals surface area contributed by atoms with Gasteiger partial charge < -0.3 is 20.3 Å². The van der Waals surface area contributed by atoms with Crippen molar-refractivity contribution in [1.29, 1.82) is 0 Å². The summed E-state index contributed by atoms with van der Waals surface area (Å²) in [6.07, 6.45) is 7.09. The summed E-state index contributed by atoms with van der Waals surface area (Å²) in [6.45, 7) is 2.01. The molecule has 8 heteroatoms. The van der Waals surface area contributed by atoms with E-state index >= 15 is 0 Å². The van der Waals surface area contributed by atoms with Crippen LogP contribution in [0.15, 0.2) is 54.9 Å². The number of anilines is 2. The van der Waals surface area contributed by atoms with Gasteiger partial charge in [0.15, 0.2) is 0 Å². The lowest BCUT2D eigenvalue weighted by Gasteiger charge is -2.30. The highest BCUT2D eigenvalue weighted by Crippen LogP contribution is 2.25. The zero-order valence-electron chi connectivity index (χ0n) is 19.3. The lowest BCUT2D eigenvalue weighted by atomic mass is 9.91. The van der Waals surface area contributed by atoms with Crippen molar-refractivity contribution in [1.82, 2.24) is 20.3 Å². The topological polar surface area (TPSA) is 92.3 Å². The molecule has 0 radical (unpaired) electrons. The van der Waals surface area contributed by atoms with Gasteiger partial charge in [-0.2, -0.15) is 4.98 Å². The van der Waals surface area contributed by atoms with E-state index in [1.807, 2.05) is 62.4 Å². The van der Waals surface area contributed by atoms with E-state index in [1.54, 1.807) is 18.3 Å². The molecule has 1 aliphatic rings. The van der Waals surface area contributed by atoms with Gasteiger partial charge in [0.2, 0.25) is 11.8 Å². The molecular weight excluding hydrogens is 416 g/mol. The van der Waals surface area contributed by atoms with Crippen LogP contribution in [0.4, 0.5) is 11.8 Å². The number of amides is 1. The molecule has 0 unspecified atom stereocenters. The molecule has 0 atom stereocenters. The van der Waals surface area contributed by atoms with Gasteiger partial charge in [0.25, 0.3) is 5.91 Å². The number of carbonyl (C=O) groups excluding carboxylic acids is 1. The fourth-order valence-electron chi connectivity index (χ4n) is 4.03. The predicted molar refractivity (Wildman–Crippen MR) is 129 cm³/mol. The molecule has 33 heavy (non-hydrogen) atoms. The van der Waals surface area contributed by atoms with Crippen molar-refractivity contribution < 1.29 is 9.53 Å². The Morgan fingerprint density at radius 3 is 2.45 bits per heavy atom. The fraction of sp³-hybridized carbons (Fsp3) is 0.360. The van der Waals surface area contributed by atoms with Crippen LogP contribution in [0.3, 0.4) is 0 Å². The van der Waals surface area contributed by atoms with Crippen molar-refractivity contribution in [2.24, 2.45) is 0 Å². The zero-order chi connectivity index (χ0) is 23.2. The van der Waals surface area contributed by atoms with Gasteiger partial charge in [0.05, 0.1) is 0 Å². The van der Waals surface area contributed by atoms with Crippen LogP contribution in [0, 0.1) is 6.92 Å². The van der Waals surface area contributed by atoms with Gasteiger partial charge in [0, 0.05) is 44.1 Å². The number of rotatable bonds is 7. The molecule has 0 spiro atoms. The first-order valence-corrected chi connectivity index (χ1v) is 11.3. The number of aromatic nitrogens is 3. The fourth-order valence-corrected chi connectivity index (χ4v) is 4.03. The molecule has 0 saturated heterocycles. The monoisotopic (exact) mass is 446 g/mol. The Hall–Kier alpha value is -3.68. The third-order valence-electron chi connectivity index (χ3n) is 5.74. The normalized spacial score (nSPS) is 17.8. The number of benzene rings is 1. The van der Waals surface area contributed by atoms with Gasteiger partial charge in [-0.05, 0) is 56.9 Å². The second kappa shape index (κ2) is 10.3. The molecule has 4 rings (SSSR count). The van der Waals surface area contributed by atoms with Crippen LogP contribution in [0.2, 0.25) is 0 Å². The lowest BCUT2D eigenvalue weighted by Crippen LogP contribution is -2.40. The molecule has 172 valence electrons. The van der Waals surface area contributed by atoms with Crippen LogP contribution in [0.1, 0.15) is 41.6 Å². The van der Waals surface area contributed by atoms with Crippen LogP contribution < -0.4 is 20.3 Å². The Balaban J connectivity index is 1.32. The first-order chi connectivity index (χ1) is 16.0. The number of nitrogens with zero attached hydrogens (tertiary/aromatic N) is 4. The standard InChI is InChI=1S/C25H30N6O2/c1-17-16-27-25(30-22(17)31(2)3)29-19-13-11-18(12-14-19)28-23(32)21-10-7-15-26-24(21)33-20-8-5-4-6-9-20/h4-10,15-16,18-19H,11-14H2,1-3H3,(H,28,32)(H,27,29,30)/t18-,19+. The first kappa shape index (κ1) is 22.5. The maximum Gasteiger partial charge on any atom is 0.257 e. The molecule has 0 bridgehead atoms. The molecule has 2 N–H and O–H groups in total. The summed E-state index contributed by atoms with van der Waals surface area (Å²) in [7, 11) is 3.96. The molecule has 1 amide bonds. The third kappa shape index (κ3) is 5.77. The molecule has 1 aliphatic carbocycles. The quantitative estimate of drug-likeness (QED) is 0.562. The van der Waals surface area contributed by atoms with E-state index in [9.17, 15) is 4.79 Å². The molecule has 1 fully saturated rings. The molecule has 3 aromatic rings. The van der Waals surface area contributed by atoms with Gasteiger partial charge in [0.1, 0.15) is 17.1 Å². The molecular formula is C25H30N6O2. The highest BCUT2D eigenvalue weighted by atomic mass is 16.5. The van der Waals surface area contributed by atoms with E-state index in [0.29, 0.717) is 23.1 Å². The van der Waals surface area contributed by atoms with Crippen molar-refractivity contribution in [3.8, 4) is 11.6 Å². The maximum absolute atomic E-state index is 13.0. The number of ether oxygens (including phenoxy) is 1. The first-order valence-electron chi connectivity index (χ1n) is 11.3. The van der Waals surface area contributed by atoms with E-state index in [2.05, 4.69) is 25.6 Å². The number of para-hydroxylation sites is 1. The number of aryl methyl sites for hydroxylation is 1. The van der Waals surface area contributed by atoms with Crippen LogP contribution in [-0.4, -0.2) is 47.0 Å². The summed E-state index contributed by atoms with van der Waals surface area (Å²) in [5.74, 6) is 2.36. The molecule has 2 heterocycles. The predicted octanol–water partition coefficient (Wildman–Crippen LogP) is 4.19. The highest BCUT2D eigenvalue weighted by molar-refractivity contribution is 5.96.